The number of ether oxygens (including phenoxy) is 2. The molecule has 0 heterocycles. The molecule has 48 heavy (non-hydrogen) atoms. The first-order valence-electron chi connectivity index (χ1n) is 19.4. The van der Waals surface area contributed by atoms with Gasteiger partial charge >= 0.3 is 11.9 Å². The quantitative estimate of drug-likeness (QED) is 0.0637. The number of nitrogens with zero attached hydrogens (tertiary/aromatic N) is 2. The maximum atomic E-state index is 12.9. The van der Waals surface area contributed by atoms with Crippen molar-refractivity contribution in [2.45, 2.75) is 144 Å². The fraction of sp³-hybridized carbons (Fsp3) is 0.667. The predicted molar refractivity (Wildman–Crippen MR) is 201 cm³/mol. The molecule has 0 saturated heterocycles. The van der Waals surface area contributed by atoms with Crippen molar-refractivity contribution in [3.05, 3.63) is 59.7 Å². The van der Waals surface area contributed by atoms with Gasteiger partial charge in [-0.25, -0.2) is 0 Å². The second kappa shape index (κ2) is 27.2. The molecular weight excluding hydrogens is 596 g/mol. The number of benzene rings is 2. The van der Waals surface area contributed by atoms with E-state index in [0.717, 1.165) is 87.2 Å². The van der Waals surface area contributed by atoms with E-state index in [1.54, 1.807) is 0 Å². The lowest BCUT2D eigenvalue weighted by molar-refractivity contribution is -0.146. The molecule has 2 rings (SSSR count). The van der Waals surface area contributed by atoms with Gasteiger partial charge in [0.25, 0.3) is 0 Å². The Labute approximate surface area is 294 Å². The third kappa shape index (κ3) is 18.2. The summed E-state index contributed by atoms with van der Waals surface area (Å²) in [5.41, 5.74) is 3.91. The minimum absolute atomic E-state index is 0.159. The maximum Gasteiger partial charge on any atom is 0.307 e. The Balaban J connectivity index is 1.92. The number of unbranched alkanes of at least 4 members (excludes halogenated alkanes) is 10. The molecule has 0 radical (unpaired) electrons. The summed E-state index contributed by atoms with van der Waals surface area (Å²) in [5.74, 6) is -0.318. The molecule has 0 aromatic heterocycles. The third-order valence-electron chi connectivity index (χ3n) is 9.18. The average Bonchev–Trinajstić information content (AvgIpc) is 3.11. The van der Waals surface area contributed by atoms with Gasteiger partial charge in [0.05, 0.1) is 12.8 Å². The van der Waals surface area contributed by atoms with Crippen LogP contribution in [0.4, 0.5) is 0 Å². The van der Waals surface area contributed by atoms with Crippen LogP contribution in [-0.2, 0) is 32.3 Å². The molecule has 0 amide bonds. The van der Waals surface area contributed by atoms with Crippen molar-refractivity contribution >= 4 is 11.9 Å². The second-order valence-corrected chi connectivity index (χ2v) is 13.4. The average molecular weight is 665 g/mol. The third-order valence-corrected chi connectivity index (χ3v) is 9.18. The van der Waals surface area contributed by atoms with Gasteiger partial charge in [-0.15, -0.1) is 0 Å². The van der Waals surface area contributed by atoms with E-state index in [0.29, 0.717) is 12.8 Å². The van der Waals surface area contributed by atoms with Crippen molar-refractivity contribution in [2.24, 2.45) is 0 Å². The summed E-state index contributed by atoms with van der Waals surface area (Å²) in [6.45, 7) is 15.0. The van der Waals surface area contributed by atoms with Gasteiger partial charge in [-0.05, 0) is 74.1 Å². The van der Waals surface area contributed by atoms with Gasteiger partial charge in [-0.1, -0.05) is 140 Å². The van der Waals surface area contributed by atoms with Crippen LogP contribution in [0.3, 0.4) is 0 Å². The number of hydrogen-bond donors (Lipinski definition) is 0. The molecular formula is C42H68N2O4. The zero-order chi connectivity index (χ0) is 34.7. The minimum Gasteiger partial charge on any atom is -0.461 e. The fourth-order valence-electron chi connectivity index (χ4n) is 6.09. The van der Waals surface area contributed by atoms with Gasteiger partial charge in [0.2, 0.25) is 0 Å². The first-order chi connectivity index (χ1) is 23.5. The lowest BCUT2D eigenvalue weighted by Crippen LogP contribution is -2.29. The lowest BCUT2D eigenvalue weighted by Gasteiger charge is -2.22. The smallest absolute Gasteiger partial charge is 0.307 e. The van der Waals surface area contributed by atoms with Gasteiger partial charge in [-0.3, -0.25) is 9.59 Å². The Morgan fingerprint density at radius 3 is 1.21 bits per heavy atom. The molecule has 0 atom stereocenters. The van der Waals surface area contributed by atoms with Gasteiger partial charge in [0.1, 0.15) is 13.2 Å². The van der Waals surface area contributed by atoms with Crippen LogP contribution in [0.5, 0.6) is 0 Å². The van der Waals surface area contributed by atoms with Crippen LogP contribution in [0.1, 0.15) is 142 Å². The number of rotatable bonds is 29. The van der Waals surface area contributed by atoms with E-state index in [1.165, 1.54) is 64.2 Å². The van der Waals surface area contributed by atoms with E-state index >= 15 is 0 Å². The van der Waals surface area contributed by atoms with Gasteiger partial charge in [-0.2, -0.15) is 0 Å². The molecule has 6 heteroatoms. The molecule has 6 nitrogen and oxygen atoms in total. The molecule has 0 aliphatic carbocycles. The highest BCUT2D eigenvalue weighted by molar-refractivity contribution is 5.73. The highest BCUT2D eigenvalue weighted by Gasteiger charge is 2.15. The van der Waals surface area contributed by atoms with Crippen molar-refractivity contribution in [3.63, 3.8) is 0 Å². The van der Waals surface area contributed by atoms with Crippen molar-refractivity contribution in [1.82, 2.24) is 9.80 Å². The van der Waals surface area contributed by atoms with Crippen LogP contribution < -0.4 is 0 Å². The Kier molecular flexibility index (Phi) is 23.5. The van der Waals surface area contributed by atoms with Gasteiger partial charge in [0, 0.05) is 13.1 Å². The van der Waals surface area contributed by atoms with Gasteiger partial charge < -0.3 is 19.3 Å². The van der Waals surface area contributed by atoms with E-state index in [1.807, 2.05) is 36.4 Å². The summed E-state index contributed by atoms with van der Waals surface area (Å²) in [6, 6.07) is 16.1. The van der Waals surface area contributed by atoms with Gasteiger partial charge in [0.15, 0.2) is 0 Å². The number of hydrogen-bond acceptors (Lipinski definition) is 6. The van der Waals surface area contributed by atoms with Crippen LogP contribution in [0.15, 0.2) is 48.5 Å². The largest absolute Gasteiger partial charge is 0.461 e. The van der Waals surface area contributed by atoms with Crippen molar-refractivity contribution in [2.75, 3.05) is 39.3 Å². The Hall–Kier alpha value is -2.70. The molecule has 0 spiro atoms. The zero-order valence-corrected chi connectivity index (χ0v) is 31.1. The molecule has 0 aliphatic rings. The number of carbonyl (C=O) groups excluding carboxylic acids is 2. The van der Waals surface area contributed by atoms with Crippen molar-refractivity contribution < 1.29 is 19.1 Å². The Morgan fingerprint density at radius 2 is 0.812 bits per heavy atom. The van der Waals surface area contributed by atoms with Crippen molar-refractivity contribution in [3.8, 4) is 11.1 Å². The number of esters is 2. The molecule has 0 N–H and O–H groups in total. The lowest BCUT2D eigenvalue weighted by atomic mass is 9.96. The van der Waals surface area contributed by atoms with E-state index in [-0.39, 0.29) is 25.2 Å². The van der Waals surface area contributed by atoms with Crippen LogP contribution in [-0.4, -0.2) is 61.0 Å². The zero-order valence-electron chi connectivity index (χ0n) is 31.1. The molecule has 2 aromatic carbocycles. The summed E-state index contributed by atoms with van der Waals surface area (Å²) in [6.07, 6.45) is 18.0. The van der Waals surface area contributed by atoms with Crippen LogP contribution >= 0.6 is 0 Å². The molecule has 2 aromatic rings. The SMILES string of the molecule is CCCCCCCN(CCCC)CCC(=O)OCc1ccccc1-c1ccccc1COC(=O)CCN(CCCC)CCCCCCC. The van der Waals surface area contributed by atoms with Crippen LogP contribution in [0.25, 0.3) is 11.1 Å². The highest BCUT2D eigenvalue weighted by atomic mass is 16.5. The van der Waals surface area contributed by atoms with E-state index in [4.69, 9.17) is 9.47 Å². The molecule has 270 valence electrons. The monoisotopic (exact) mass is 665 g/mol. The summed E-state index contributed by atoms with van der Waals surface area (Å²) < 4.78 is 11.6. The van der Waals surface area contributed by atoms with E-state index < -0.39 is 0 Å². The van der Waals surface area contributed by atoms with E-state index in [2.05, 4.69) is 49.6 Å². The number of carbonyl (C=O) groups is 2. The second-order valence-electron chi connectivity index (χ2n) is 13.4. The highest BCUT2D eigenvalue weighted by Crippen LogP contribution is 2.28. The van der Waals surface area contributed by atoms with Crippen LogP contribution in [0, 0.1) is 0 Å². The summed E-state index contributed by atoms with van der Waals surface area (Å²) in [7, 11) is 0. The molecule has 0 bridgehead atoms. The first kappa shape index (κ1) is 41.5. The molecule has 0 aliphatic heterocycles. The maximum absolute atomic E-state index is 12.9. The summed E-state index contributed by atoms with van der Waals surface area (Å²) in [5, 5.41) is 0. The summed E-state index contributed by atoms with van der Waals surface area (Å²) >= 11 is 0. The Bertz CT molecular complexity index is 1030. The van der Waals surface area contributed by atoms with Crippen LogP contribution in [0.2, 0.25) is 0 Å². The molecule has 0 saturated carbocycles. The normalized spacial score (nSPS) is 11.4. The standard InChI is InChI=1S/C42H68N2O4/c1-5-9-13-15-21-31-43(29-11-7-3)33-27-41(45)47-35-37-23-17-19-25-39(37)40-26-20-18-24-38(40)36-48-42(46)28-34-44(30-12-8-4)32-22-16-14-10-6-2/h17-20,23-26H,5-16,21-22,27-36H2,1-4H3. The topological polar surface area (TPSA) is 59.1 Å². The first-order valence-corrected chi connectivity index (χ1v) is 19.4. The molecule has 0 fully saturated rings. The molecule has 0 unspecified atom stereocenters. The van der Waals surface area contributed by atoms with E-state index in [9.17, 15) is 9.59 Å². The minimum atomic E-state index is -0.159. The Morgan fingerprint density at radius 1 is 0.458 bits per heavy atom. The predicted octanol–water partition coefficient (Wildman–Crippen LogP) is 10.4. The fourth-order valence-corrected chi connectivity index (χ4v) is 6.09. The summed E-state index contributed by atoms with van der Waals surface area (Å²) in [4.78, 5) is 30.6. The van der Waals surface area contributed by atoms with Crippen molar-refractivity contribution in [1.29, 1.82) is 0 Å².